The molecule has 138 valence electrons. The molecule has 26 heavy (non-hydrogen) atoms. The van der Waals surface area contributed by atoms with Gasteiger partial charge in [0.15, 0.2) is 0 Å². The maximum absolute atomic E-state index is 11.0. The fourth-order valence-electron chi connectivity index (χ4n) is 2.92. The Bertz CT molecular complexity index is 742. The van der Waals surface area contributed by atoms with Gasteiger partial charge in [0.2, 0.25) is 0 Å². The molecule has 2 aromatic carbocycles. The van der Waals surface area contributed by atoms with E-state index in [4.69, 9.17) is 26.2 Å². The second-order valence-electron chi connectivity index (χ2n) is 6.32. The molecule has 5 nitrogen and oxygen atoms in total. The molecule has 1 N–H and O–H groups in total. The van der Waals surface area contributed by atoms with Crippen molar-refractivity contribution in [2.45, 2.75) is 19.6 Å². The van der Waals surface area contributed by atoms with Gasteiger partial charge in [-0.25, -0.2) is 0 Å². The average Bonchev–Trinajstić information content (AvgIpc) is 2.63. The van der Waals surface area contributed by atoms with Gasteiger partial charge in [0, 0.05) is 30.2 Å². The Kier molecular flexibility index (Phi) is 6.50. The van der Waals surface area contributed by atoms with Crippen molar-refractivity contribution in [2.24, 2.45) is 0 Å². The molecule has 1 heterocycles. The SMILES string of the molecule is O=C(O)Cc1ccc(OCc2ccc(Cl)cc2)c(CN2CCOCC2)c1. The predicted molar refractivity (Wildman–Crippen MR) is 99.7 cm³/mol. The van der Waals surface area contributed by atoms with Crippen LogP contribution in [-0.4, -0.2) is 42.3 Å². The zero-order chi connectivity index (χ0) is 18.4. The van der Waals surface area contributed by atoms with Crippen LogP contribution in [0.2, 0.25) is 5.02 Å². The number of hydrogen-bond donors (Lipinski definition) is 1. The van der Waals surface area contributed by atoms with E-state index in [1.54, 1.807) is 0 Å². The number of hydrogen-bond acceptors (Lipinski definition) is 4. The minimum atomic E-state index is -0.836. The normalized spacial score (nSPS) is 15.0. The van der Waals surface area contributed by atoms with E-state index < -0.39 is 5.97 Å². The highest BCUT2D eigenvalue weighted by Crippen LogP contribution is 2.24. The highest BCUT2D eigenvalue weighted by Gasteiger charge is 2.15. The molecule has 2 aromatic rings. The van der Waals surface area contributed by atoms with Gasteiger partial charge in [-0.3, -0.25) is 9.69 Å². The molecule has 6 heteroatoms. The number of ether oxygens (including phenoxy) is 2. The van der Waals surface area contributed by atoms with Crippen LogP contribution >= 0.6 is 11.6 Å². The van der Waals surface area contributed by atoms with Gasteiger partial charge < -0.3 is 14.6 Å². The lowest BCUT2D eigenvalue weighted by atomic mass is 10.1. The third kappa shape index (κ3) is 5.46. The quantitative estimate of drug-likeness (QED) is 0.804. The Morgan fingerprint density at radius 2 is 1.81 bits per heavy atom. The molecule has 1 aliphatic heterocycles. The van der Waals surface area contributed by atoms with Crippen molar-refractivity contribution in [3.8, 4) is 5.75 Å². The van der Waals surface area contributed by atoms with Gasteiger partial charge >= 0.3 is 5.97 Å². The topological polar surface area (TPSA) is 59.0 Å². The first kappa shape index (κ1) is 18.7. The molecular formula is C20H22ClNO4. The summed E-state index contributed by atoms with van der Waals surface area (Å²) in [6, 6.07) is 13.2. The first-order valence-electron chi connectivity index (χ1n) is 8.61. The molecule has 0 radical (unpaired) electrons. The summed E-state index contributed by atoms with van der Waals surface area (Å²) in [4.78, 5) is 13.3. The van der Waals surface area contributed by atoms with Crippen LogP contribution in [0, 0.1) is 0 Å². The van der Waals surface area contributed by atoms with E-state index in [-0.39, 0.29) is 6.42 Å². The smallest absolute Gasteiger partial charge is 0.307 e. The van der Waals surface area contributed by atoms with E-state index in [1.807, 2.05) is 42.5 Å². The first-order chi connectivity index (χ1) is 12.6. The molecular weight excluding hydrogens is 354 g/mol. The van der Waals surface area contributed by atoms with Crippen molar-refractivity contribution >= 4 is 17.6 Å². The molecule has 1 saturated heterocycles. The highest BCUT2D eigenvalue weighted by atomic mass is 35.5. The number of halogens is 1. The number of carboxylic acid groups (broad SMARTS) is 1. The van der Waals surface area contributed by atoms with Crippen molar-refractivity contribution in [2.75, 3.05) is 26.3 Å². The van der Waals surface area contributed by atoms with Gasteiger partial charge in [0.25, 0.3) is 0 Å². The van der Waals surface area contributed by atoms with E-state index in [0.29, 0.717) is 18.2 Å². The minimum absolute atomic E-state index is 0.00752. The molecule has 1 aliphatic rings. The molecule has 0 unspecified atom stereocenters. The second-order valence-corrected chi connectivity index (χ2v) is 6.75. The number of nitrogens with zero attached hydrogens (tertiary/aromatic N) is 1. The van der Waals surface area contributed by atoms with Gasteiger partial charge in [0.1, 0.15) is 12.4 Å². The summed E-state index contributed by atoms with van der Waals surface area (Å²) in [5.74, 6) is -0.0577. The Labute approximate surface area is 158 Å². The number of rotatable bonds is 7. The molecule has 0 aliphatic carbocycles. The van der Waals surface area contributed by atoms with Crippen molar-refractivity contribution < 1.29 is 19.4 Å². The van der Waals surface area contributed by atoms with Crippen LogP contribution in [0.5, 0.6) is 5.75 Å². The maximum atomic E-state index is 11.0. The monoisotopic (exact) mass is 375 g/mol. The molecule has 3 rings (SSSR count). The Morgan fingerprint density at radius 3 is 2.50 bits per heavy atom. The summed E-state index contributed by atoms with van der Waals surface area (Å²) in [6.07, 6.45) is 0.00752. The number of carboxylic acids is 1. The van der Waals surface area contributed by atoms with Crippen LogP contribution in [0.1, 0.15) is 16.7 Å². The summed E-state index contributed by atoms with van der Waals surface area (Å²) >= 11 is 5.92. The standard InChI is InChI=1S/C20H22ClNO4/c21-18-4-1-15(2-5-18)14-26-19-6-3-16(12-20(23)24)11-17(19)13-22-7-9-25-10-8-22/h1-6,11H,7-10,12-14H2,(H,23,24). The predicted octanol–water partition coefficient (Wildman–Crippen LogP) is 3.38. The summed E-state index contributed by atoms with van der Waals surface area (Å²) in [5, 5.41) is 9.75. The lowest BCUT2D eigenvalue weighted by molar-refractivity contribution is -0.136. The minimum Gasteiger partial charge on any atom is -0.489 e. The lowest BCUT2D eigenvalue weighted by Crippen LogP contribution is -2.35. The zero-order valence-corrected chi connectivity index (χ0v) is 15.2. The fourth-order valence-corrected chi connectivity index (χ4v) is 3.05. The zero-order valence-electron chi connectivity index (χ0n) is 14.5. The summed E-state index contributed by atoms with van der Waals surface area (Å²) in [6.45, 7) is 4.31. The third-order valence-electron chi connectivity index (χ3n) is 4.29. The Morgan fingerprint density at radius 1 is 1.12 bits per heavy atom. The lowest BCUT2D eigenvalue weighted by Gasteiger charge is -2.27. The van der Waals surface area contributed by atoms with Gasteiger partial charge in [-0.2, -0.15) is 0 Å². The van der Waals surface area contributed by atoms with E-state index in [9.17, 15) is 4.79 Å². The van der Waals surface area contributed by atoms with E-state index in [0.717, 1.165) is 48.7 Å². The highest BCUT2D eigenvalue weighted by molar-refractivity contribution is 6.30. The van der Waals surface area contributed by atoms with Crippen LogP contribution < -0.4 is 4.74 Å². The van der Waals surface area contributed by atoms with Crippen molar-refractivity contribution in [3.63, 3.8) is 0 Å². The molecule has 0 amide bonds. The van der Waals surface area contributed by atoms with Crippen molar-refractivity contribution in [1.29, 1.82) is 0 Å². The molecule has 0 aromatic heterocycles. The Hall–Kier alpha value is -2.08. The third-order valence-corrected chi connectivity index (χ3v) is 4.54. The van der Waals surface area contributed by atoms with Crippen molar-refractivity contribution in [3.05, 3.63) is 64.2 Å². The summed E-state index contributed by atoms with van der Waals surface area (Å²) < 4.78 is 11.4. The molecule has 0 bridgehead atoms. The van der Waals surface area contributed by atoms with E-state index in [2.05, 4.69) is 4.90 Å². The molecule has 0 spiro atoms. The van der Waals surface area contributed by atoms with Crippen LogP contribution in [0.4, 0.5) is 0 Å². The molecule has 1 fully saturated rings. The number of aliphatic carboxylic acids is 1. The van der Waals surface area contributed by atoms with E-state index >= 15 is 0 Å². The maximum Gasteiger partial charge on any atom is 0.307 e. The summed E-state index contributed by atoms with van der Waals surface area (Å²) in [7, 11) is 0. The Balaban J connectivity index is 1.74. The second kappa shape index (κ2) is 9.03. The van der Waals surface area contributed by atoms with Gasteiger partial charge in [-0.1, -0.05) is 35.9 Å². The molecule has 0 atom stereocenters. The number of morpholine rings is 1. The number of carbonyl (C=O) groups is 1. The fraction of sp³-hybridized carbons (Fsp3) is 0.350. The van der Waals surface area contributed by atoms with Crippen LogP contribution in [0.15, 0.2) is 42.5 Å². The summed E-state index contributed by atoms with van der Waals surface area (Å²) in [5.41, 5.74) is 2.81. The molecule has 0 saturated carbocycles. The average molecular weight is 376 g/mol. The van der Waals surface area contributed by atoms with Crippen LogP contribution in [-0.2, 0) is 29.1 Å². The first-order valence-corrected chi connectivity index (χ1v) is 8.99. The van der Waals surface area contributed by atoms with Crippen LogP contribution in [0.3, 0.4) is 0 Å². The van der Waals surface area contributed by atoms with Crippen molar-refractivity contribution in [1.82, 2.24) is 4.90 Å². The van der Waals surface area contributed by atoms with E-state index in [1.165, 1.54) is 0 Å². The van der Waals surface area contributed by atoms with Gasteiger partial charge in [-0.05, 0) is 29.3 Å². The number of benzene rings is 2. The van der Waals surface area contributed by atoms with Gasteiger partial charge in [0.05, 0.1) is 19.6 Å². The largest absolute Gasteiger partial charge is 0.489 e. The van der Waals surface area contributed by atoms with Crippen LogP contribution in [0.25, 0.3) is 0 Å². The van der Waals surface area contributed by atoms with Gasteiger partial charge in [-0.15, -0.1) is 0 Å².